The first-order valence-corrected chi connectivity index (χ1v) is 13.1. The third-order valence-corrected chi connectivity index (χ3v) is 7.76. The first-order valence-electron chi connectivity index (χ1n) is 13.1. The van der Waals surface area contributed by atoms with E-state index in [4.69, 9.17) is 9.47 Å². The Kier molecular flexibility index (Phi) is 6.46. The van der Waals surface area contributed by atoms with E-state index in [0.29, 0.717) is 41.8 Å². The topological polar surface area (TPSA) is 91.5 Å². The second kappa shape index (κ2) is 10.0. The van der Waals surface area contributed by atoms with Gasteiger partial charge in [0.05, 0.1) is 42.5 Å². The molecule has 0 spiro atoms. The smallest absolute Gasteiger partial charge is 0.255 e. The molecule has 1 amide bonds. The van der Waals surface area contributed by atoms with Crippen LogP contribution in [-0.2, 0) is 0 Å². The Labute approximate surface area is 215 Å². The molecule has 1 fully saturated rings. The average molecular weight is 506 g/mol. The van der Waals surface area contributed by atoms with Gasteiger partial charge in [0, 0.05) is 42.4 Å². The molecule has 2 aromatic heterocycles. The zero-order chi connectivity index (χ0) is 25.4. The van der Waals surface area contributed by atoms with Crippen LogP contribution >= 0.6 is 0 Å². The quantitative estimate of drug-likeness (QED) is 0.479. The number of fused-ring (bicyclic) bond motifs is 5. The number of ether oxygens (including phenoxy) is 2. The number of para-hydroxylation sites is 1. The monoisotopic (exact) mass is 505 g/mol. The van der Waals surface area contributed by atoms with Gasteiger partial charge in [-0.05, 0) is 57.0 Å². The molecule has 5 heterocycles. The Morgan fingerprint density at radius 2 is 2.08 bits per heavy atom. The summed E-state index contributed by atoms with van der Waals surface area (Å²) < 4.78 is 26.3. The Morgan fingerprint density at radius 3 is 2.95 bits per heavy atom. The highest BCUT2D eigenvalue weighted by Crippen LogP contribution is 2.44. The van der Waals surface area contributed by atoms with Gasteiger partial charge in [0.1, 0.15) is 5.75 Å². The van der Waals surface area contributed by atoms with E-state index in [0.717, 1.165) is 55.8 Å². The lowest BCUT2D eigenvalue weighted by Gasteiger charge is -2.33. The molecule has 4 bridgehead atoms. The number of halogens is 1. The zero-order valence-electron chi connectivity index (χ0n) is 21.0. The first kappa shape index (κ1) is 23.8. The molecule has 1 aromatic carbocycles. The zero-order valence-corrected chi connectivity index (χ0v) is 21.0. The van der Waals surface area contributed by atoms with Crippen LogP contribution in [0.25, 0.3) is 11.3 Å². The first-order chi connectivity index (χ1) is 18.1. The lowest BCUT2D eigenvalue weighted by atomic mass is 9.92. The van der Waals surface area contributed by atoms with Crippen molar-refractivity contribution in [1.29, 1.82) is 0 Å². The number of rotatable bonds is 3. The lowest BCUT2D eigenvalue weighted by Crippen LogP contribution is -2.39. The van der Waals surface area contributed by atoms with Crippen molar-refractivity contribution >= 4 is 17.3 Å². The number of methoxy groups -OCH3 is 1. The molecule has 8 nitrogen and oxygen atoms in total. The summed E-state index contributed by atoms with van der Waals surface area (Å²) in [6.45, 7) is 4.39. The van der Waals surface area contributed by atoms with E-state index < -0.39 is 5.82 Å². The van der Waals surface area contributed by atoms with Gasteiger partial charge in [-0.15, -0.1) is 0 Å². The van der Waals surface area contributed by atoms with Gasteiger partial charge in [0.2, 0.25) is 0 Å². The fourth-order valence-corrected chi connectivity index (χ4v) is 5.95. The molecule has 37 heavy (non-hydrogen) atoms. The highest BCUT2D eigenvalue weighted by atomic mass is 19.1. The normalized spacial score (nSPS) is 23.2. The van der Waals surface area contributed by atoms with E-state index in [1.807, 2.05) is 6.07 Å². The molecule has 0 aliphatic carbocycles. The highest BCUT2D eigenvalue weighted by Gasteiger charge is 2.34. The summed E-state index contributed by atoms with van der Waals surface area (Å²) in [6, 6.07) is 6.60. The summed E-state index contributed by atoms with van der Waals surface area (Å²) in [5.74, 6) is 0.714. The summed E-state index contributed by atoms with van der Waals surface area (Å²) in [7, 11) is 1.43. The minimum Gasteiger partial charge on any atom is -0.492 e. The Morgan fingerprint density at radius 1 is 1.22 bits per heavy atom. The lowest BCUT2D eigenvalue weighted by molar-refractivity contribution is 0.0938. The Bertz CT molecular complexity index is 1310. The van der Waals surface area contributed by atoms with Crippen LogP contribution in [0.15, 0.2) is 36.7 Å². The maximum Gasteiger partial charge on any atom is 0.255 e. The molecule has 3 aromatic rings. The van der Waals surface area contributed by atoms with Gasteiger partial charge in [-0.2, -0.15) is 0 Å². The minimum absolute atomic E-state index is 0.0922. The number of benzene rings is 1. The summed E-state index contributed by atoms with van der Waals surface area (Å²) in [5.41, 5.74) is 3.99. The molecule has 9 heteroatoms. The summed E-state index contributed by atoms with van der Waals surface area (Å²) >= 11 is 0. The van der Waals surface area contributed by atoms with Crippen LogP contribution in [0, 0.1) is 11.7 Å². The maximum atomic E-state index is 14.6. The van der Waals surface area contributed by atoms with Crippen molar-refractivity contribution in [2.75, 3.05) is 45.2 Å². The van der Waals surface area contributed by atoms with Crippen molar-refractivity contribution < 1.29 is 18.7 Å². The van der Waals surface area contributed by atoms with E-state index in [1.165, 1.54) is 19.6 Å². The molecular weight excluding hydrogens is 473 g/mol. The van der Waals surface area contributed by atoms with Gasteiger partial charge in [-0.1, -0.05) is 6.07 Å². The molecule has 3 aliphatic rings. The van der Waals surface area contributed by atoms with Crippen molar-refractivity contribution in [3.8, 4) is 22.8 Å². The average Bonchev–Trinajstić information content (AvgIpc) is 3.29. The number of nitrogens with zero attached hydrogens (tertiary/aromatic N) is 2. The van der Waals surface area contributed by atoms with Gasteiger partial charge < -0.3 is 30.0 Å². The van der Waals surface area contributed by atoms with Gasteiger partial charge in [0.25, 0.3) is 5.91 Å². The van der Waals surface area contributed by atoms with Gasteiger partial charge in [-0.3, -0.25) is 9.78 Å². The number of hydrogen-bond acceptors (Lipinski definition) is 6. The molecule has 194 valence electrons. The van der Waals surface area contributed by atoms with Gasteiger partial charge in [0.15, 0.2) is 11.6 Å². The molecule has 3 unspecified atom stereocenters. The fourth-order valence-electron chi connectivity index (χ4n) is 5.95. The molecule has 1 saturated heterocycles. The number of H-pyrrole nitrogens is 1. The highest BCUT2D eigenvalue weighted by molar-refractivity contribution is 6.07. The van der Waals surface area contributed by atoms with Crippen LogP contribution in [0.1, 0.15) is 47.7 Å². The van der Waals surface area contributed by atoms with Gasteiger partial charge >= 0.3 is 0 Å². The molecule has 0 radical (unpaired) electrons. The fraction of sp³-hybridized carbons (Fsp3) is 0.429. The van der Waals surface area contributed by atoms with Crippen LogP contribution in [-0.4, -0.2) is 60.7 Å². The number of amides is 1. The molecule has 6 rings (SSSR count). The molecular formula is C28H32FN5O3. The number of aromatic nitrogens is 2. The number of aromatic amines is 1. The largest absolute Gasteiger partial charge is 0.492 e. The van der Waals surface area contributed by atoms with Crippen molar-refractivity contribution in [2.24, 2.45) is 5.92 Å². The van der Waals surface area contributed by atoms with E-state index >= 15 is 0 Å². The summed E-state index contributed by atoms with van der Waals surface area (Å²) in [5, 5.41) is 6.42. The standard InChI is InChI=1S/C28H32FN5O3/c1-36-27-20(29)7-2-8-21(27)32-26-23-24-18(13-31-28(23)35)6-4-12-34-11-3-5-17(15-34)16-37-22-14-30-10-9-19(22)25(26)33-24/h2,7-10,14,17-18,32-33H,3-6,11-13,15-16H2,1H3,(H,31,35). The second-order valence-corrected chi connectivity index (χ2v) is 10.2. The predicted octanol–water partition coefficient (Wildman–Crippen LogP) is 4.68. The number of piperidine rings is 1. The number of carbonyl (C=O) groups is 1. The third kappa shape index (κ3) is 4.52. The van der Waals surface area contributed by atoms with Crippen LogP contribution in [0.3, 0.4) is 0 Å². The van der Waals surface area contributed by atoms with Crippen LogP contribution in [0.4, 0.5) is 15.8 Å². The number of pyridine rings is 1. The van der Waals surface area contributed by atoms with Crippen LogP contribution in [0.5, 0.6) is 11.5 Å². The van der Waals surface area contributed by atoms with Crippen molar-refractivity contribution in [2.45, 2.75) is 31.6 Å². The molecule has 3 aliphatic heterocycles. The predicted molar refractivity (Wildman–Crippen MR) is 139 cm³/mol. The number of carbonyl (C=O) groups excluding carboxylic acids is 1. The Balaban J connectivity index is 1.50. The minimum atomic E-state index is -0.478. The number of hydrogen-bond donors (Lipinski definition) is 3. The maximum absolute atomic E-state index is 14.6. The molecule has 0 saturated carbocycles. The van der Waals surface area contributed by atoms with E-state index in [-0.39, 0.29) is 17.6 Å². The van der Waals surface area contributed by atoms with E-state index in [9.17, 15) is 9.18 Å². The Hall–Kier alpha value is -3.59. The van der Waals surface area contributed by atoms with Crippen molar-refractivity contribution in [3.05, 3.63) is 53.7 Å². The number of nitrogens with one attached hydrogen (secondary N) is 3. The summed E-state index contributed by atoms with van der Waals surface area (Å²) in [4.78, 5) is 23.7. The number of anilines is 2. The molecule has 3 N–H and O–H groups in total. The van der Waals surface area contributed by atoms with Crippen LogP contribution in [0.2, 0.25) is 0 Å². The molecule has 3 atom stereocenters. The SMILES string of the molecule is COc1c(F)cccc1Nc1c2[nH]c3c1C(=O)NCC3CCCN1CCCC(COc3cnccc3-2)C1. The van der Waals surface area contributed by atoms with E-state index in [2.05, 4.69) is 25.5 Å². The second-order valence-electron chi connectivity index (χ2n) is 10.2. The van der Waals surface area contributed by atoms with Crippen molar-refractivity contribution in [3.63, 3.8) is 0 Å². The van der Waals surface area contributed by atoms with Crippen LogP contribution < -0.4 is 20.1 Å². The third-order valence-electron chi connectivity index (χ3n) is 7.76. The summed E-state index contributed by atoms with van der Waals surface area (Å²) in [6.07, 6.45) is 7.78. The van der Waals surface area contributed by atoms with Crippen molar-refractivity contribution in [1.82, 2.24) is 20.2 Å². The van der Waals surface area contributed by atoms with E-state index in [1.54, 1.807) is 24.5 Å². The van der Waals surface area contributed by atoms with Gasteiger partial charge in [-0.25, -0.2) is 4.39 Å².